The second-order valence-electron chi connectivity index (χ2n) is 3.51. The van der Waals surface area contributed by atoms with Gasteiger partial charge in [0.25, 0.3) is 0 Å². The number of Topliss-reactive ketones (excluding diaryl/α,β-unsaturated/α-hetero) is 1. The maximum absolute atomic E-state index is 11.8. The van der Waals surface area contributed by atoms with E-state index in [9.17, 15) is 4.79 Å². The quantitative estimate of drug-likeness (QED) is 0.728. The Morgan fingerprint density at radius 2 is 2.46 bits per heavy atom. The molecule has 2 atom stereocenters. The summed E-state index contributed by atoms with van der Waals surface area (Å²) in [6.45, 7) is 0. The summed E-state index contributed by atoms with van der Waals surface area (Å²) in [4.78, 5) is 12.5. The number of hydrogen-bond acceptors (Lipinski definition) is 4. The number of rotatable bonds is 2. The highest BCUT2D eigenvalue weighted by Gasteiger charge is 2.28. The van der Waals surface area contributed by atoms with Gasteiger partial charge in [0.15, 0.2) is 5.78 Å². The van der Waals surface area contributed by atoms with E-state index in [-0.39, 0.29) is 17.7 Å². The van der Waals surface area contributed by atoms with E-state index in [0.717, 1.165) is 24.1 Å². The lowest BCUT2D eigenvalue weighted by Gasteiger charge is -2.04. The number of hydrogen-bond donors (Lipinski definition) is 1. The molecule has 13 heavy (non-hydrogen) atoms. The van der Waals surface area contributed by atoms with Crippen LogP contribution in [0.4, 0.5) is 0 Å². The van der Waals surface area contributed by atoms with Crippen LogP contribution in [0.2, 0.25) is 0 Å². The largest absolute Gasteiger partial charge is 0.328 e. The minimum atomic E-state index is 0.149. The molecule has 0 saturated heterocycles. The van der Waals surface area contributed by atoms with Gasteiger partial charge in [0.1, 0.15) is 0 Å². The fraction of sp³-hybridized carbons (Fsp3) is 0.556. The molecule has 1 aliphatic rings. The minimum Gasteiger partial charge on any atom is -0.328 e. The Hall–Kier alpha value is -0.740. The molecular formula is C9H12N2OS. The standard InChI is InChI=1S/C9H12N2OS/c10-7-2-1-6(5-7)9(12)8-3-4-11-13-8/h3-4,6-7H,1-2,5,10H2. The molecule has 0 spiro atoms. The molecule has 70 valence electrons. The maximum atomic E-state index is 11.8. The van der Waals surface area contributed by atoms with Crippen molar-refractivity contribution in [2.75, 3.05) is 0 Å². The van der Waals surface area contributed by atoms with Gasteiger partial charge in [-0.25, -0.2) is 4.37 Å². The van der Waals surface area contributed by atoms with E-state index >= 15 is 0 Å². The third kappa shape index (κ3) is 1.78. The molecule has 2 rings (SSSR count). The highest BCUT2D eigenvalue weighted by atomic mass is 32.1. The van der Waals surface area contributed by atoms with E-state index in [4.69, 9.17) is 5.73 Å². The average Bonchev–Trinajstić information content (AvgIpc) is 2.72. The first-order valence-electron chi connectivity index (χ1n) is 4.48. The summed E-state index contributed by atoms with van der Waals surface area (Å²) >= 11 is 1.28. The van der Waals surface area contributed by atoms with Crippen molar-refractivity contribution in [3.8, 4) is 0 Å². The summed E-state index contributed by atoms with van der Waals surface area (Å²) in [5, 5.41) is 0. The fourth-order valence-electron chi connectivity index (χ4n) is 1.80. The van der Waals surface area contributed by atoms with Crippen molar-refractivity contribution in [3.63, 3.8) is 0 Å². The smallest absolute Gasteiger partial charge is 0.177 e. The Bertz CT molecular complexity index is 297. The van der Waals surface area contributed by atoms with Crippen LogP contribution in [0.15, 0.2) is 12.3 Å². The Labute approximate surface area is 81.1 Å². The van der Waals surface area contributed by atoms with Crippen LogP contribution in [0.1, 0.15) is 28.9 Å². The van der Waals surface area contributed by atoms with Crippen LogP contribution in [0.25, 0.3) is 0 Å². The van der Waals surface area contributed by atoms with Gasteiger partial charge in [-0.3, -0.25) is 4.79 Å². The number of aromatic nitrogens is 1. The monoisotopic (exact) mass is 196 g/mol. The summed E-state index contributed by atoms with van der Waals surface area (Å²) < 4.78 is 3.92. The Kier molecular flexibility index (Phi) is 2.42. The van der Waals surface area contributed by atoms with Gasteiger partial charge in [0.2, 0.25) is 0 Å². The lowest BCUT2D eigenvalue weighted by atomic mass is 10.0. The van der Waals surface area contributed by atoms with Crippen LogP contribution in [0.3, 0.4) is 0 Å². The first-order valence-corrected chi connectivity index (χ1v) is 5.25. The molecule has 1 aromatic rings. The van der Waals surface area contributed by atoms with E-state index < -0.39 is 0 Å². The van der Waals surface area contributed by atoms with Gasteiger partial charge in [0, 0.05) is 18.2 Å². The molecule has 0 bridgehead atoms. The minimum absolute atomic E-state index is 0.149. The highest BCUT2D eigenvalue weighted by Crippen LogP contribution is 2.28. The van der Waals surface area contributed by atoms with Gasteiger partial charge in [-0.2, -0.15) is 0 Å². The van der Waals surface area contributed by atoms with Crippen LogP contribution >= 0.6 is 11.5 Å². The van der Waals surface area contributed by atoms with Crippen LogP contribution in [-0.2, 0) is 0 Å². The second kappa shape index (κ2) is 3.55. The second-order valence-corrected chi connectivity index (χ2v) is 4.34. The predicted molar refractivity (Wildman–Crippen MR) is 51.8 cm³/mol. The van der Waals surface area contributed by atoms with Gasteiger partial charge < -0.3 is 5.73 Å². The topological polar surface area (TPSA) is 56.0 Å². The summed E-state index contributed by atoms with van der Waals surface area (Å²) in [5.41, 5.74) is 5.75. The molecule has 1 saturated carbocycles. The van der Waals surface area contributed by atoms with E-state index in [2.05, 4.69) is 4.37 Å². The lowest BCUT2D eigenvalue weighted by Crippen LogP contribution is -2.17. The summed E-state index contributed by atoms with van der Waals surface area (Å²) in [7, 11) is 0. The zero-order valence-corrected chi connectivity index (χ0v) is 8.09. The molecule has 0 aromatic carbocycles. The number of nitrogens with zero attached hydrogens (tertiary/aromatic N) is 1. The molecule has 0 aliphatic heterocycles. The zero-order chi connectivity index (χ0) is 9.26. The van der Waals surface area contributed by atoms with Gasteiger partial charge in [-0.1, -0.05) is 0 Å². The van der Waals surface area contributed by atoms with Crippen LogP contribution in [-0.4, -0.2) is 16.2 Å². The molecule has 0 radical (unpaired) electrons. The summed E-state index contributed by atoms with van der Waals surface area (Å²) in [6.07, 6.45) is 4.44. The molecule has 3 nitrogen and oxygen atoms in total. The number of ketones is 1. The molecule has 1 aromatic heterocycles. The van der Waals surface area contributed by atoms with Crippen molar-refractivity contribution in [1.29, 1.82) is 0 Å². The zero-order valence-electron chi connectivity index (χ0n) is 7.27. The highest BCUT2D eigenvalue weighted by molar-refractivity contribution is 7.08. The molecule has 1 fully saturated rings. The predicted octanol–water partition coefficient (Wildman–Crippen LogP) is 1.45. The van der Waals surface area contributed by atoms with Crippen LogP contribution in [0, 0.1) is 5.92 Å². The van der Waals surface area contributed by atoms with Gasteiger partial charge in [-0.15, -0.1) is 0 Å². The summed E-state index contributed by atoms with van der Waals surface area (Å²) in [6, 6.07) is 2.01. The van der Waals surface area contributed by atoms with E-state index in [0.29, 0.717) is 0 Å². The SMILES string of the molecule is NC1CCC(C(=O)c2ccns2)C1. The van der Waals surface area contributed by atoms with Gasteiger partial charge in [-0.05, 0) is 36.9 Å². The molecule has 1 heterocycles. The Morgan fingerprint density at radius 3 is 3.00 bits per heavy atom. The Morgan fingerprint density at radius 1 is 1.62 bits per heavy atom. The molecule has 0 amide bonds. The van der Waals surface area contributed by atoms with E-state index in [1.165, 1.54) is 11.5 Å². The molecule has 2 unspecified atom stereocenters. The van der Waals surface area contributed by atoms with Gasteiger partial charge >= 0.3 is 0 Å². The van der Waals surface area contributed by atoms with Gasteiger partial charge in [0.05, 0.1) is 4.88 Å². The van der Waals surface area contributed by atoms with E-state index in [1.54, 1.807) is 12.3 Å². The Balaban J connectivity index is 2.06. The van der Waals surface area contributed by atoms with Crippen molar-refractivity contribution in [1.82, 2.24) is 4.37 Å². The van der Waals surface area contributed by atoms with Crippen molar-refractivity contribution >= 4 is 17.3 Å². The normalized spacial score (nSPS) is 27.8. The van der Waals surface area contributed by atoms with Crippen molar-refractivity contribution in [3.05, 3.63) is 17.1 Å². The van der Waals surface area contributed by atoms with E-state index in [1.807, 2.05) is 0 Å². The van der Waals surface area contributed by atoms with Crippen molar-refractivity contribution < 1.29 is 4.79 Å². The summed E-state index contributed by atoms with van der Waals surface area (Å²) in [5.74, 6) is 0.380. The van der Waals surface area contributed by atoms with Crippen molar-refractivity contribution in [2.24, 2.45) is 11.7 Å². The molecule has 1 aliphatic carbocycles. The van der Waals surface area contributed by atoms with Crippen LogP contribution < -0.4 is 5.73 Å². The number of carbonyl (C=O) groups is 1. The molecular weight excluding hydrogens is 184 g/mol. The maximum Gasteiger partial charge on any atom is 0.177 e. The van der Waals surface area contributed by atoms with Crippen LogP contribution in [0.5, 0.6) is 0 Å². The first kappa shape index (κ1) is 8.84. The lowest BCUT2D eigenvalue weighted by molar-refractivity contribution is 0.0926. The third-order valence-corrected chi connectivity index (χ3v) is 3.29. The molecule has 2 N–H and O–H groups in total. The number of carbonyl (C=O) groups excluding carboxylic acids is 1. The number of nitrogens with two attached hydrogens (primary N) is 1. The average molecular weight is 196 g/mol. The first-order chi connectivity index (χ1) is 6.27. The third-order valence-electron chi connectivity index (χ3n) is 2.52. The van der Waals surface area contributed by atoms with Crippen molar-refractivity contribution in [2.45, 2.75) is 25.3 Å². The fourth-order valence-corrected chi connectivity index (χ4v) is 2.41. The molecule has 4 heteroatoms.